The Morgan fingerprint density at radius 3 is 2.46 bits per heavy atom. The molecule has 0 aromatic heterocycles. The second-order valence-electron chi connectivity index (χ2n) is 6.44. The van der Waals surface area contributed by atoms with E-state index in [9.17, 15) is 9.59 Å². The van der Waals surface area contributed by atoms with Crippen LogP contribution in [0.25, 0.3) is 0 Å². The van der Waals surface area contributed by atoms with Crippen LogP contribution in [0.4, 0.5) is 5.69 Å². The molecule has 0 saturated carbocycles. The molecule has 0 aliphatic carbocycles. The fourth-order valence-electron chi connectivity index (χ4n) is 3.11. The van der Waals surface area contributed by atoms with E-state index in [-0.39, 0.29) is 18.5 Å². The van der Waals surface area contributed by atoms with Crippen molar-refractivity contribution in [3.05, 3.63) is 66.2 Å². The third kappa shape index (κ3) is 5.29. The summed E-state index contributed by atoms with van der Waals surface area (Å²) in [5.74, 6) is -0.503. The molecular weight excluding hydrogens is 374 g/mol. The molecule has 1 saturated heterocycles. The molecule has 0 bridgehead atoms. The van der Waals surface area contributed by atoms with Crippen molar-refractivity contribution in [1.82, 2.24) is 10.2 Å². The molecule has 1 aliphatic rings. The lowest BCUT2D eigenvalue weighted by atomic mass is 10.1. The fraction of sp³-hybridized carbons (Fsp3) is 0.286. The lowest BCUT2D eigenvalue weighted by molar-refractivity contribution is -0.147. The van der Waals surface area contributed by atoms with Gasteiger partial charge in [0, 0.05) is 17.8 Å². The monoisotopic (exact) mass is 397 g/mol. The molecule has 1 amide bonds. The smallest absolute Gasteiger partial charge is 0.328 e. The minimum atomic E-state index is -0.526. The molecule has 146 valence electrons. The van der Waals surface area contributed by atoms with Crippen molar-refractivity contribution in [1.29, 1.82) is 0 Å². The van der Waals surface area contributed by atoms with Crippen LogP contribution >= 0.6 is 12.2 Å². The van der Waals surface area contributed by atoms with E-state index in [1.54, 1.807) is 17.0 Å². The molecule has 2 N–H and O–H groups in total. The minimum Gasteiger partial charge on any atom is -0.462 e. The lowest BCUT2D eigenvalue weighted by Crippen LogP contribution is -2.42. The summed E-state index contributed by atoms with van der Waals surface area (Å²) in [5.41, 5.74) is 1.47. The SMILES string of the molecule is O=C(OCCNC(=S)Nc1ccccc1)C1CCCN1C(=O)c1ccccc1. The van der Waals surface area contributed by atoms with Gasteiger partial charge in [0.2, 0.25) is 0 Å². The summed E-state index contributed by atoms with van der Waals surface area (Å²) >= 11 is 5.21. The quantitative estimate of drug-likeness (QED) is 0.444. The van der Waals surface area contributed by atoms with Crippen molar-refractivity contribution in [2.24, 2.45) is 0 Å². The second-order valence-corrected chi connectivity index (χ2v) is 6.85. The summed E-state index contributed by atoms with van der Waals surface area (Å²) < 4.78 is 5.36. The van der Waals surface area contributed by atoms with Gasteiger partial charge in [0.15, 0.2) is 5.11 Å². The van der Waals surface area contributed by atoms with Gasteiger partial charge in [-0.3, -0.25) is 4.79 Å². The molecule has 7 heteroatoms. The third-order valence-corrected chi connectivity index (χ3v) is 4.72. The summed E-state index contributed by atoms with van der Waals surface area (Å²) in [5, 5.41) is 6.51. The van der Waals surface area contributed by atoms with Gasteiger partial charge in [-0.2, -0.15) is 0 Å². The van der Waals surface area contributed by atoms with Gasteiger partial charge in [0.05, 0.1) is 6.54 Å². The van der Waals surface area contributed by atoms with E-state index in [0.29, 0.717) is 30.2 Å². The number of esters is 1. The predicted molar refractivity (Wildman–Crippen MR) is 112 cm³/mol. The van der Waals surface area contributed by atoms with Crippen LogP contribution in [0.15, 0.2) is 60.7 Å². The first-order chi connectivity index (χ1) is 13.6. The number of carbonyl (C=O) groups is 2. The van der Waals surface area contributed by atoms with Gasteiger partial charge in [0.25, 0.3) is 5.91 Å². The number of nitrogens with zero attached hydrogens (tertiary/aromatic N) is 1. The number of thiocarbonyl (C=S) groups is 1. The third-order valence-electron chi connectivity index (χ3n) is 4.47. The summed E-state index contributed by atoms with van der Waals surface area (Å²) in [6, 6.07) is 18.0. The zero-order chi connectivity index (χ0) is 19.8. The van der Waals surface area contributed by atoms with Gasteiger partial charge in [0.1, 0.15) is 12.6 Å². The molecule has 0 spiro atoms. The number of amides is 1. The number of rotatable bonds is 6. The van der Waals surface area contributed by atoms with Crippen molar-refractivity contribution in [3.63, 3.8) is 0 Å². The van der Waals surface area contributed by atoms with Crippen LogP contribution in [0, 0.1) is 0 Å². The molecule has 1 heterocycles. The summed E-state index contributed by atoms with van der Waals surface area (Å²) in [6.45, 7) is 1.14. The average molecular weight is 398 g/mol. The van der Waals surface area contributed by atoms with E-state index in [4.69, 9.17) is 17.0 Å². The Morgan fingerprint density at radius 2 is 1.75 bits per heavy atom. The van der Waals surface area contributed by atoms with Crippen LogP contribution in [0.3, 0.4) is 0 Å². The molecule has 3 rings (SSSR count). The van der Waals surface area contributed by atoms with Gasteiger partial charge < -0.3 is 20.3 Å². The Balaban J connectivity index is 1.43. The molecule has 28 heavy (non-hydrogen) atoms. The van der Waals surface area contributed by atoms with Crippen LogP contribution in [0.5, 0.6) is 0 Å². The molecule has 1 aliphatic heterocycles. The number of carbonyl (C=O) groups excluding carboxylic acids is 2. The number of hydrogen-bond donors (Lipinski definition) is 2. The van der Waals surface area contributed by atoms with Crippen molar-refractivity contribution < 1.29 is 14.3 Å². The highest BCUT2D eigenvalue weighted by Gasteiger charge is 2.35. The van der Waals surface area contributed by atoms with Crippen LogP contribution < -0.4 is 10.6 Å². The molecule has 6 nitrogen and oxygen atoms in total. The molecule has 1 unspecified atom stereocenters. The van der Waals surface area contributed by atoms with E-state index in [1.807, 2.05) is 48.5 Å². The zero-order valence-electron chi connectivity index (χ0n) is 15.5. The minimum absolute atomic E-state index is 0.133. The highest BCUT2D eigenvalue weighted by molar-refractivity contribution is 7.80. The highest BCUT2D eigenvalue weighted by Crippen LogP contribution is 2.21. The van der Waals surface area contributed by atoms with Gasteiger partial charge in [-0.1, -0.05) is 36.4 Å². The number of anilines is 1. The second kappa shape index (κ2) is 9.85. The van der Waals surface area contributed by atoms with Gasteiger partial charge >= 0.3 is 5.97 Å². The Labute approximate surface area is 169 Å². The molecular formula is C21H23N3O3S. The zero-order valence-corrected chi connectivity index (χ0v) is 16.3. The number of para-hydroxylation sites is 1. The highest BCUT2D eigenvalue weighted by atomic mass is 32.1. The number of benzene rings is 2. The first kappa shape index (κ1) is 19.8. The maximum atomic E-state index is 12.6. The Morgan fingerprint density at radius 1 is 1.07 bits per heavy atom. The van der Waals surface area contributed by atoms with Crippen molar-refractivity contribution >= 4 is 34.9 Å². The Kier molecular flexibility index (Phi) is 6.97. The number of ether oxygens (including phenoxy) is 1. The summed E-state index contributed by atoms with van der Waals surface area (Å²) in [6.07, 6.45) is 1.42. The maximum Gasteiger partial charge on any atom is 0.328 e. The van der Waals surface area contributed by atoms with Gasteiger partial charge in [-0.25, -0.2) is 4.79 Å². The Hall–Kier alpha value is -2.93. The largest absolute Gasteiger partial charge is 0.462 e. The topological polar surface area (TPSA) is 70.7 Å². The standard InChI is InChI=1S/C21H23N3O3S/c25-19(16-8-3-1-4-9-16)24-14-7-12-18(24)20(26)27-15-13-22-21(28)23-17-10-5-2-6-11-17/h1-6,8-11,18H,7,12-15H2,(H2,22,23,28). The molecule has 0 radical (unpaired) electrons. The van der Waals surface area contributed by atoms with E-state index in [1.165, 1.54) is 0 Å². The number of nitrogens with one attached hydrogen (secondary N) is 2. The van der Waals surface area contributed by atoms with Gasteiger partial charge in [-0.15, -0.1) is 0 Å². The maximum absolute atomic E-state index is 12.6. The number of hydrogen-bond acceptors (Lipinski definition) is 4. The normalized spacial score (nSPS) is 15.7. The van der Waals surface area contributed by atoms with Crippen molar-refractivity contribution in [2.45, 2.75) is 18.9 Å². The van der Waals surface area contributed by atoms with Crippen LogP contribution in [-0.4, -0.2) is 47.6 Å². The van der Waals surface area contributed by atoms with Crippen LogP contribution in [0.2, 0.25) is 0 Å². The van der Waals surface area contributed by atoms with E-state index in [0.717, 1.165) is 12.1 Å². The summed E-state index contributed by atoms with van der Waals surface area (Å²) in [4.78, 5) is 26.7. The van der Waals surface area contributed by atoms with E-state index >= 15 is 0 Å². The summed E-state index contributed by atoms with van der Waals surface area (Å²) in [7, 11) is 0. The van der Waals surface area contributed by atoms with Crippen molar-refractivity contribution in [3.8, 4) is 0 Å². The van der Waals surface area contributed by atoms with Crippen LogP contribution in [-0.2, 0) is 9.53 Å². The fourth-order valence-corrected chi connectivity index (χ4v) is 3.33. The predicted octanol–water partition coefficient (Wildman–Crippen LogP) is 2.82. The lowest BCUT2D eigenvalue weighted by Gasteiger charge is -2.23. The average Bonchev–Trinajstić information content (AvgIpc) is 3.22. The molecule has 1 fully saturated rings. The first-order valence-corrected chi connectivity index (χ1v) is 9.68. The van der Waals surface area contributed by atoms with Crippen LogP contribution in [0.1, 0.15) is 23.2 Å². The first-order valence-electron chi connectivity index (χ1n) is 9.28. The molecule has 2 aromatic rings. The van der Waals surface area contributed by atoms with E-state index in [2.05, 4.69) is 10.6 Å². The van der Waals surface area contributed by atoms with Gasteiger partial charge in [-0.05, 0) is 49.3 Å². The molecule has 2 aromatic carbocycles. The Bertz CT molecular complexity index is 814. The van der Waals surface area contributed by atoms with E-state index < -0.39 is 6.04 Å². The van der Waals surface area contributed by atoms with Crippen molar-refractivity contribution in [2.75, 3.05) is 25.0 Å². The molecule has 1 atom stereocenters. The number of likely N-dealkylation sites (tertiary alicyclic amines) is 1.